The van der Waals surface area contributed by atoms with Crippen LogP contribution in [0.15, 0.2) is 34.7 Å². The number of carbonyl (C=O) groups is 2. The van der Waals surface area contributed by atoms with Gasteiger partial charge in [-0.1, -0.05) is 15.9 Å². The molecule has 0 unspecified atom stereocenters. The number of rotatable bonds is 3. The topological polar surface area (TPSA) is 84.9 Å². The Hall–Kier alpha value is -2.02. The van der Waals surface area contributed by atoms with Crippen LogP contribution in [0.2, 0.25) is 0 Å². The molecule has 2 rings (SSSR count). The number of ether oxygens (including phenoxy) is 2. The van der Waals surface area contributed by atoms with Crippen molar-refractivity contribution in [2.24, 2.45) is 0 Å². The van der Waals surface area contributed by atoms with E-state index in [1.165, 1.54) is 18.4 Å². The lowest BCUT2D eigenvalue weighted by molar-refractivity contribution is -0.117. The second kappa shape index (κ2) is 5.75. The van der Waals surface area contributed by atoms with Crippen LogP contribution in [0.3, 0.4) is 0 Å². The largest absolute Gasteiger partial charge is 0.494 e. The molecule has 2 N–H and O–H groups in total. The van der Waals surface area contributed by atoms with Crippen molar-refractivity contribution >= 4 is 33.5 Å². The number of carboxylic acids is 1. The SMILES string of the molecule is O=C(Nc1ccc(Br)cc1C(=O)O)C1=COCCO1. The molecule has 0 saturated carbocycles. The van der Waals surface area contributed by atoms with Crippen LogP contribution in [0.25, 0.3) is 0 Å². The Morgan fingerprint density at radius 2 is 2.11 bits per heavy atom. The summed E-state index contributed by atoms with van der Waals surface area (Å²) >= 11 is 3.18. The molecule has 1 aliphatic heterocycles. The van der Waals surface area contributed by atoms with Crippen molar-refractivity contribution in [3.05, 3.63) is 40.3 Å². The number of carboxylic acid groups (broad SMARTS) is 1. The number of hydrogen-bond acceptors (Lipinski definition) is 4. The molecular weight excluding hydrogens is 318 g/mol. The maximum absolute atomic E-state index is 11.8. The summed E-state index contributed by atoms with van der Waals surface area (Å²) in [6.07, 6.45) is 1.21. The Labute approximate surface area is 117 Å². The third-order valence-electron chi connectivity index (χ3n) is 2.33. The van der Waals surface area contributed by atoms with E-state index in [0.717, 1.165) is 0 Å². The number of amides is 1. The van der Waals surface area contributed by atoms with Gasteiger partial charge in [-0.05, 0) is 18.2 Å². The first-order chi connectivity index (χ1) is 9.08. The zero-order valence-electron chi connectivity index (χ0n) is 9.68. The van der Waals surface area contributed by atoms with Gasteiger partial charge in [0.05, 0.1) is 11.3 Å². The number of halogens is 1. The molecule has 1 aliphatic rings. The summed E-state index contributed by atoms with van der Waals surface area (Å²) in [5.74, 6) is -1.67. The molecule has 6 nitrogen and oxygen atoms in total. The predicted molar refractivity (Wildman–Crippen MR) is 69.7 cm³/mol. The van der Waals surface area contributed by atoms with E-state index < -0.39 is 11.9 Å². The van der Waals surface area contributed by atoms with E-state index in [0.29, 0.717) is 11.1 Å². The summed E-state index contributed by atoms with van der Waals surface area (Å²) in [5, 5.41) is 11.5. The summed E-state index contributed by atoms with van der Waals surface area (Å²) in [6, 6.07) is 4.54. The van der Waals surface area contributed by atoms with Crippen LogP contribution in [0.4, 0.5) is 5.69 Å². The summed E-state index contributed by atoms with van der Waals surface area (Å²) in [7, 11) is 0. The number of carbonyl (C=O) groups excluding carboxylic acids is 1. The summed E-state index contributed by atoms with van der Waals surface area (Å²) in [6.45, 7) is 0.667. The molecule has 1 amide bonds. The molecule has 0 saturated heterocycles. The maximum atomic E-state index is 11.8. The molecule has 0 bridgehead atoms. The highest BCUT2D eigenvalue weighted by Gasteiger charge is 2.18. The second-order valence-electron chi connectivity index (χ2n) is 3.65. The highest BCUT2D eigenvalue weighted by molar-refractivity contribution is 9.10. The first kappa shape index (κ1) is 13.4. The number of aromatic carboxylic acids is 1. The highest BCUT2D eigenvalue weighted by Crippen LogP contribution is 2.22. The number of hydrogen-bond donors (Lipinski definition) is 2. The van der Waals surface area contributed by atoms with Gasteiger partial charge in [-0.25, -0.2) is 4.79 Å². The highest BCUT2D eigenvalue weighted by atomic mass is 79.9. The minimum Gasteiger partial charge on any atom is -0.494 e. The summed E-state index contributed by atoms with van der Waals surface area (Å²) in [4.78, 5) is 22.9. The van der Waals surface area contributed by atoms with Gasteiger partial charge >= 0.3 is 5.97 Å². The molecular formula is C12H10BrNO5. The van der Waals surface area contributed by atoms with E-state index in [4.69, 9.17) is 14.6 Å². The molecule has 100 valence electrons. The minimum absolute atomic E-state index is 0.0138. The molecule has 0 radical (unpaired) electrons. The van der Waals surface area contributed by atoms with Gasteiger partial charge in [0, 0.05) is 4.47 Å². The van der Waals surface area contributed by atoms with Gasteiger partial charge in [-0.3, -0.25) is 4.79 Å². The van der Waals surface area contributed by atoms with E-state index in [9.17, 15) is 9.59 Å². The summed E-state index contributed by atoms with van der Waals surface area (Å²) in [5.41, 5.74) is 0.177. The zero-order valence-corrected chi connectivity index (χ0v) is 11.3. The van der Waals surface area contributed by atoms with Gasteiger partial charge in [-0.2, -0.15) is 0 Å². The number of benzene rings is 1. The first-order valence-corrected chi connectivity index (χ1v) is 6.16. The van der Waals surface area contributed by atoms with E-state index in [1.807, 2.05) is 0 Å². The molecule has 19 heavy (non-hydrogen) atoms. The van der Waals surface area contributed by atoms with Crippen LogP contribution in [-0.2, 0) is 14.3 Å². The normalized spacial score (nSPS) is 13.8. The van der Waals surface area contributed by atoms with Crippen LogP contribution < -0.4 is 5.32 Å². The van der Waals surface area contributed by atoms with E-state index >= 15 is 0 Å². The fourth-order valence-electron chi connectivity index (χ4n) is 1.47. The second-order valence-corrected chi connectivity index (χ2v) is 4.57. The summed E-state index contributed by atoms with van der Waals surface area (Å²) < 4.78 is 10.7. The standard InChI is InChI=1S/C12H10BrNO5/c13-7-1-2-9(8(5-7)12(16)17)14-11(15)10-6-18-3-4-19-10/h1-2,5-6H,3-4H2,(H,14,15)(H,16,17). The van der Waals surface area contributed by atoms with Crippen LogP contribution >= 0.6 is 15.9 Å². The van der Waals surface area contributed by atoms with Gasteiger partial charge in [-0.15, -0.1) is 0 Å². The lowest BCUT2D eigenvalue weighted by atomic mass is 10.2. The molecule has 0 aromatic heterocycles. The Bertz CT molecular complexity index is 555. The van der Waals surface area contributed by atoms with Gasteiger partial charge in [0.15, 0.2) is 0 Å². The van der Waals surface area contributed by atoms with Crippen LogP contribution in [0, 0.1) is 0 Å². The van der Waals surface area contributed by atoms with E-state index in [1.54, 1.807) is 6.07 Å². The third kappa shape index (κ3) is 3.25. The minimum atomic E-state index is -1.13. The monoisotopic (exact) mass is 327 g/mol. The van der Waals surface area contributed by atoms with Crippen LogP contribution in [0.1, 0.15) is 10.4 Å². The van der Waals surface area contributed by atoms with Crippen LogP contribution in [0.5, 0.6) is 0 Å². The van der Waals surface area contributed by atoms with Gasteiger partial charge in [0.25, 0.3) is 5.91 Å². The maximum Gasteiger partial charge on any atom is 0.337 e. The lowest BCUT2D eigenvalue weighted by Gasteiger charge is -2.15. The first-order valence-electron chi connectivity index (χ1n) is 5.36. The molecule has 0 aliphatic carbocycles. The van der Waals surface area contributed by atoms with Crippen molar-refractivity contribution in [1.29, 1.82) is 0 Å². The lowest BCUT2D eigenvalue weighted by Crippen LogP contribution is -2.22. The Morgan fingerprint density at radius 1 is 1.32 bits per heavy atom. The molecule has 1 heterocycles. The Morgan fingerprint density at radius 3 is 2.74 bits per heavy atom. The van der Waals surface area contributed by atoms with Crippen molar-refractivity contribution in [1.82, 2.24) is 0 Å². The zero-order chi connectivity index (χ0) is 13.8. The fourth-order valence-corrected chi connectivity index (χ4v) is 1.83. The fraction of sp³-hybridized carbons (Fsp3) is 0.167. The van der Waals surface area contributed by atoms with Crippen molar-refractivity contribution in [2.45, 2.75) is 0 Å². The average Bonchev–Trinajstić information content (AvgIpc) is 2.41. The van der Waals surface area contributed by atoms with Gasteiger partial charge < -0.3 is 19.9 Å². The smallest absolute Gasteiger partial charge is 0.337 e. The Kier molecular flexibility index (Phi) is 4.06. The van der Waals surface area contributed by atoms with Crippen molar-refractivity contribution in [3.8, 4) is 0 Å². The third-order valence-corrected chi connectivity index (χ3v) is 2.83. The van der Waals surface area contributed by atoms with Crippen molar-refractivity contribution < 1.29 is 24.2 Å². The molecule has 1 aromatic carbocycles. The van der Waals surface area contributed by atoms with E-state index in [-0.39, 0.29) is 23.6 Å². The predicted octanol–water partition coefficient (Wildman–Crippen LogP) is 1.97. The number of anilines is 1. The van der Waals surface area contributed by atoms with Gasteiger partial charge in [0.2, 0.25) is 5.76 Å². The van der Waals surface area contributed by atoms with E-state index in [2.05, 4.69) is 21.2 Å². The molecule has 7 heteroatoms. The average molecular weight is 328 g/mol. The molecule has 0 spiro atoms. The number of nitrogens with one attached hydrogen (secondary N) is 1. The van der Waals surface area contributed by atoms with Crippen molar-refractivity contribution in [3.63, 3.8) is 0 Å². The Balaban J connectivity index is 2.21. The van der Waals surface area contributed by atoms with Crippen molar-refractivity contribution in [2.75, 3.05) is 18.5 Å². The quantitative estimate of drug-likeness (QED) is 0.886. The van der Waals surface area contributed by atoms with Crippen LogP contribution in [-0.4, -0.2) is 30.2 Å². The van der Waals surface area contributed by atoms with Gasteiger partial charge in [0.1, 0.15) is 19.5 Å². The molecule has 0 fully saturated rings. The molecule has 1 aromatic rings. The molecule has 0 atom stereocenters.